The third-order valence-electron chi connectivity index (χ3n) is 7.45. The average Bonchev–Trinajstić information content (AvgIpc) is 3.51. The molecule has 3 unspecified atom stereocenters. The molecule has 0 radical (unpaired) electrons. The van der Waals surface area contributed by atoms with Crippen LogP contribution in [0.25, 0.3) is 6.08 Å². The van der Waals surface area contributed by atoms with Crippen molar-refractivity contribution in [3.05, 3.63) is 88.8 Å². The van der Waals surface area contributed by atoms with E-state index in [9.17, 15) is 4.79 Å². The van der Waals surface area contributed by atoms with Crippen molar-refractivity contribution in [1.29, 1.82) is 0 Å². The van der Waals surface area contributed by atoms with Crippen LogP contribution in [-0.4, -0.2) is 19.1 Å². The van der Waals surface area contributed by atoms with E-state index in [2.05, 4.69) is 18.2 Å². The van der Waals surface area contributed by atoms with E-state index in [0.29, 0.717) is 17.4 Å². The predicted octanol–water partition coefficient (Wildman–Crippen LogP) is 6.94. The molecule has 2 saturated carbocycles. The molecule has 0 spiro atoms. The molecule has 1 aliphatic heterocycles. The van der Waals surface area contributed by atoms with Crippen LogP contribution in [0, 0.1) is 11.8 Å². The van der Waals surface area contributed by atoms with E-state index in [4.69, 9.17) is 9.47 Å². The second kappa shape index (κ2) is 9.46. The molecule has 3 aliphatic rings. The Morgan fingerprint density at radius 3 is 2.57 bits per heavy atom. The average molecular weight is 484 g/mol. The van der Waals surface area contributed by atoms with Crippen molar-refractivity contribution in [3.8, 4) is 11.5 Å². The number of hydrogen-bond acceptors (Lipinski definition) is 4. The summed E-state index contributed by atoms with van der Waals surface area (Å²) in [5.74, 6) is 3.00. The van der Waals surface area contributed by atoms with E-state index in [1.807, 2.05) is 65.6 Å². The Kier molecular flexibility index (Phi) is 6.03. The lowest BCUT2D eigenvalue weighted by Gasteiger charge is -2.30. The van der Waals surface area contributed by atoms with Crippen LogP contribution >= 0.6 is 11.8 Å². The number of methoxy groups -OCH3 is 1. The second-order valence-electron chi connectivity index (χ2n) is 9.70. The molecule has 4 nitrogen and oxygen atoms in total. The maximum atomic E-state index is 13.7. The van der Waals surface area contributed by atoms with Gasteiger partial charge >= 0.3 is 0 Å². The highest BCUT2D eigenvalue weighted by atomic mass is 32.2. The van der Waals surface area contributed by atoms with E-state index in [1.54, 1.807) is 7.11 Å². The maximum absolute atomic E-state index is 13.7. The summed E-state index contributed by atoms with van der Waals surface area (Å²) in [5.41, 5.74) is 3.00. The zero-order valence-corrected chi connectivity index (χ0v) is 20.7. The molecule has 6 rings (SSSR count). The van der Waals surface area contributed by atoms with Gasteiger partial charge in [0.05, 0.1) is 24.2 Å². The molecule has 3 atom stereocenters. The highest BCUT2D eigenvalue weighted by Gasteiger charge is 2.41. The Balaban J connectivity index is 1.31. The van der Waals surface area contributed by atoms with Gasteiger partial charge in [0, 0.05) is 4.90 Å². The van der Waals surface area contributed by atoms with Gasteiger partial charge in [0.2, 0.25) is 0 Å². The van der Waals surface area contributed by atoms with Crippen LogP contribution < -0.4 is 14.4 Å². The van der Waals surface area contributed by atoms with Crippen molar-refractivity contribution in [2.45, 2.75) is 43.2 Å². The molecular formula is C30H29NO3S. The van der Waals surface area contributed by atoms with Crippen LogP contribution in [0.5, 0.6) is 11.5 Å². The number of nitrogens with zero attached hydrogens (tertiary/aromatic N) is 1. The normalized spacial score (nSPS) is 24.0. The first-order valence-electron chi connectivity index (χ1n) is 12.4. The van der Waals surface area contributed by atoms with Crippen LogP contribution in [0.1, 0.15) is 36.8 Å². The van der Waals surface area contributed by atoms with Gasteiger partial charge in [-0.1, -0.05) is 60.3 Å². The third-order valence-corrected chi connectivity index (χ3v) is 8.53. The molecule has 1 amide bonds. The zero-order chi connectivity index (χ0) is 23.8. The van der Waals surface area contributed by atoms with Crippen LogP contribution in [0.15, 0.2) is 82.6 Å². The fraction of sp³-hybridized carbons (Fsp3) is 0.300. The van der Waals surface area contributed by atoms with Gasteiger partial charge in [-0.3, -0.25) is 4.79 Å². The zero-order valence-electron chi connectivity index (χ0n) is 19.9. The molecule has 35 heavy (non-hydrogen) atoms. The van der Waals surface area contributed by atoms with Gasteiger partial charge in [0.15, 0.2) is 11.5 Å². The minimum Gasteiger partial charge on any atom is -0.493 e. The quantitative estimate of drug-likeness (QED) is 0.356. The lowest BCUT2D eigenvalue weighted by molar-refractivity contribution is -0.114. The summed E-state index contributed by atoms with van der Waals surface area (Å²) in [6.07, 6.45) is 7.28. The van der Waals surface area contributed by atoms with E-state index in [1.165, 1.54) is 31.0 Å². The molecule has 0 aromatic heterocycles. The Morgan fingerprint density at radius 2 is 1.80 bits per heavy atom. The lowest BCUT2D eigenvalue weighted by Crippen LogP contribution is -2.33. The summed E-state index contributed by atoms with van der Waals surface area (Å²) < 4.78 is 12.1. The van der Waals surface area contributed by atoms with E-state index in [0.717, 1.165) is 45.5 Å². The topological polar surface area (TPSA) is 38.8 Å². The number of para-hydroxylation sites is 1. The van der Waals surface area contributed by atoms with Gasteiger partial charge in [-0.25, -0.2) is 0 Å². The number of carbonyl (C=O) groups is 1. The molecule has 2 aliphatic carbocycles. The molecule has 3 aromatic rings. The number of thioether (sulfide) groups is 1. The van der Waals surface area contributed by atoms with Gasteiger partial charge < -0.3 is 14.4 Å². The summed E-state index contributed by atoms with van der Waals surface area (Å²) in [6, 6.07) is 24.2. The first-order valence-corrected chi connectivity index (χ1v) is 13.2. The van der Waals surface area contributed by atoms with Gasteiger partial charge in [0.1, 0.15) is 6.10 Å². The first kappa shape index (κ1) is 22.3. The Bertz CT molecular complexity index is 1270. The van der Waals surface area contributed by atoms with Gasteiger partial charge in [-0.2, -0.15) is 0 Å². The van der Waals surface area contributed by atoms with Crippen molar-refractivity contribution < 1.29 is 14.3 Å². The minimum absolute atomic E-state index is 0.0175. The number of ether oxygens (including phenoxy) is 2. The van der Waals surface area contributed by atoms with Gasteiger partial charge in [0.25, 0.3) is 5.91 Å². The van der Waals surface area contributed by atoms with Gasteiger partial charge in [-0.15, -0.1) is 0 Å². The van der Waals surface area contributed by atoms with Crippen molar-refractivity contribution >= 4 is 29.4 Å². The largest absolute Gasteiger partial charge is 0.493 e. The number of rotatable bonds is 6. The summed E-state index contributed by atoms with van der Waals surface area (Å²) in [6.45, 7) is 0.537. The molecule has 0 saturated heterocycles. The molecule has 5 heteroatoms. The molecule has 1 heterocycles. The van der Waals surface area contributed by atoms with E-state index in [-0.39, 0.29) is 12.0 Å². The van der Waals surface area contributed by atoms with Crippen molar-refractivity contribution in [3.63, 3.8) is 0 Å². The number of fused-ring (bicyclic) bond motifs is 3. The fourth-order valence-electron chi connectivity index (χ4n) is 5.71. The van der Waals surface area contributed by atoms with Crippen molar-refractivity contribution in [1.82, 2.24) is 0 Å². The van der Waals surface area contributed by atoms with Crippen LogP contribution in [0.4, 0.5) is 5.69 Å². The lowest BCUT2D eigenvalue weighted by atomic mass is 9.97. The van der Waals surface area contributed by atoms with E-state index >= 15 is 0 Å². The summed E-state index contributed by atoms with van der Waals surface area (Å²) in [5, 5.41) is 0. The minimum atomic E-state index is 0.0175. The number of hydrogen-bond donors (Lipinski definition) is 0. The Labute approximate surface area is 210 Å². The number of amides is 1. The first-order chi connectivity index (χ1) is 17.2. The Morgan fingerprint density at radius 1 is 0.971 bits per heavy atom. The molecule has 0 N–H and O–H groups in total. The third kappa shape index (κ3) is 4.45. The highest BCUT2D eigenvalue weighted by molar-refractivity contribution is 8.04. The summed E-state index contributed by atoms with van der Waals surface area (Å²) >= 11 is 1.53. The molecule has 2 bridgehead atoms. The smallest absolute Gasteiger partial charge is 0.265 e. The van der Waals surface area contributed by atoms with Crippen LogP contribution in [0.3, 0.4) is 0 Å². The van der Waals surface area contributed by atoms with Crippen LogP contribution in [0.2, 0.25) is 0 Å². The van der Waals surface area contributed by atoms with Crippen molar-refractivity contribution in [2.75, 3.05) is 12.0 Å². The molecule has 3 aromatic carbocycles. The standard InChI is InChI=1S/C30H29NO3S/c1-33-25-14-12-22(17-27(25)34-26-16-21-11-13-23(26)15-21)18-29-30(32)31(19-20-7-3-2-4-8-20)24-9-5-6-10-28(24)35-29/h2-10,12,14,17-18,21,23,26H,11,13,15-16,19H2,1H3/b29-18-. The number of benzene rings is 3. The van der Waals surface area contributed by atoms with E-state index < -0.39 is 0 Å². The Hall–Kier alpha value is -3.18. The second-order valence-corrected chi connectivity index (χ2v) is 10.8. The SMILES string of the molecule is COc1ccc(/C=C2\Sc3ccccc3N(Cc3ccccc3)C2=O)cc1OC1CC2CCC1C2. The summed E-state index contributed by atoms with van der Waals surface area (Å²) in [7, 11) is 1.68. The molecule has 2 fully saturated rings. The molecule has 178 valence electrons. The molecular weight excluding hydrogens is 454 g/mol. The van der Waals surface area contributed by atoms with Crippen LogP contribution in [-0.2, 0) is 11.3 Å². The number of anilines is 1. The highest BCUT2D eigenvalue weighted by Crippen LogP contribution is 2.47. The predicted molar refractivity (Wildman–Crippen MR) is 141 cm³/mol. The monoisotopic (exact) mass is 483 g/mol. The van der Waals surface area contributed by atoms with Crippen molar-refractivity contribution in [2.24, 2.45) is 11.8 Å². The fourth-order valence-corrected chi connectivity index (χ4v) is 6.76. The maximum Gasteiger partial charge on any atom is 0.265 e. The summed E-state index contributed by atoms with van der Waals surface area (Å²) in [4.78, 5) is 17.3. The van der Waals surface area contributed by atoms with Gasteiger partial charge in [-0.05, 0) is 79.0 Å². The number of carbonyl (C=O) groups excluding carboxylic acids is 1.